The van der Waals surface area contributed by atoms with E-state index >= 15 is 0 Å². The number of ether oxygens (including phenoxy) is 4. The molecule has 0 saturated heterocycles. The van der Waals surface area contributed by atoms with Crippen LogP contribution in [-0.2, 0) is 0 Å². The predicted octanol–water partition coefficient (Wildman–Crippen LogP) is 4.86. The molecule has 0 aliphatic heterocycles. The third-order valence-corrected chi connectivity index (χ3v) is 6.15. The molecule has 0 bridgehead atoms. The number of methoxy groups -OCH3 is 3. The first-order chi connectivity index (χ1) is 21.2. The Kier molecular flexibility index (Phi) is 9.84. The van der Waals surface area contributed by atoms with Crippen LogP contribution >= 0.6 is 0 Å². The number of hydrogen-bond acceptors (Lipinski definition) is 10. The number of para-hydroxylation sites is 2. The second kappa shape index (κ2) is 14.1. The summed E-state index contributed by atoms with van der Waals surface area (Å²) in [6.45, 7) is 0. The lowest BCUT2D eigenvalue weighted by Gasteiger charge is -2.14. The first-order valence-corrected chi connectivity index (χ1v) is 12.8. The maximum Gasteiger partial charge on any atom is 0.343 e. The lowest BCUT2D eigenvalue weighted by atomic mass is 10.1. The van der Waals surface area contributed by atoms with E-state index in [0.717, 1.165) is 0 Å². The summed E-state index contributed by atoms with van der Waals surface area (Å²) < 4.78 is 21.5. The second-order valence-corrected chi connectivity index (χ2v) is 8.84. The number of nitro groups is 1. The van der Waals surface area contributed by atoms with Crippen LogP contribution in [0.2, 0.25) is 0 Å². The average Bonchev–Trinajstić information content (AvgIpc) is 3.04. The molecule has 2 N–H and O–H groups in total. The first-order valence-electron chi connectivity index (χ1n) is 12.8. The van der Waals surface area contributed by atoms with Crippen molar-refractivity contribution in [3.05, 3.63) is 117 Å². The van der Waals surface area contributed by atoms with Crippen molar-refractivity contribution in [2.75, 3.05) is 26.6 Å². The van der Waals surface area contributed by atoms with Crippen LogP contribution < -0.4 is 29.7 Å². The van der Waals surface area contributed by atoms with Gasteiger partial charge in [0.25, 0.3) is 17.5 Å². The molecule has 224 valence electrons. The van der Waals surface area contributed by atoms with E-state index in [0.29, 0.717) is 11.3 Å². The van der Waals surface area contributed by atoms with Gasteiger partial charge in [-0.15, -0.1) is 0 Å². The summed E-state index contributed by atoms with van der Waals surface area (Å²) >= 11 is 0. The molecule has 0 aliphatic carbocycles. The zero-order chi connectivity index (χ0) is 31.6. The minimum atomic E-state index is -0.702. The molecule has 0 heterocycles. The van der Waals surface area contributed by atoms with Crippen LogP contribution in [0.15, 0.2) is 90.0 Å². The Balaban J connectivity index is 1.46. The highest BCUT2D eigenvalue weighted by molar-refractivity contribution is 6.09. The predicted molar refractivity (Wildman–Crippen MR) is 160 cm³/mol. The number of esters is 1. The normalized spacial score (nSPS) is 10.5. The Bertz CT molecular complexity index is 1710. The summed E-state index contributed by atoms with van der Waals surface area (Å²) in [7, 11) is 4.30. The summed E-state index contributed by atoms with van der Waals surface area (Å²) in [6.07, 6.45) is 1.30. The maximum atomic E-state index is 13.0. The molecule has 0 aliphatic rings. The van der Waals surface area contributed by atoms with Crippen molar-refractivity contribution in [1.29, 1.82) is 0 Å². The highest BCUT2D eigenvalue weighted by atomic mass is 16.6. The Morgan fingerprint density at radius 1 is 0.773 bits per heavy atom. The van der Waals surface area contributed by atoms with Gasteiger partial charge in [0, 0.05) is 23.3 Å². The standard InChI is InChI=1S/C31H26N4O9/c1-41-26-16-21(17-27(42-2)28(26)43-3)31(38)44-25-11-7-4-8-20(25)18-32-34-30(37)23-9-5-6-10-24(23)33-29(36)19-12-14-22(15-13-19)35(39)40/h4-18H,1-3H3,(H,33,36)(H,34,37)/b32-18-. The fourth-order valence-corrected chi connectivity index (χ4v) is 3.98. The van der Waals surface area contributed by atoms with Gasteiger partial charge < -0.3 is 24.3 Å². The van der Waals surface area contributed by atoms with E-state index in [1.54, 1.807) is 36.4 Å². The molecule has 2 amide bonds. The summed E-state index contributed by atoms with van der Waals surface area (Å²) in [5, 5.41) is 17.5. The summed E-state index contributed by atoms with van der Waals surface area (Å²) in [5.74, 6) is -0.852. The van der Waals surface area contributed by atoms with E-state index in [1.165, 1.54) is 76.1 Å². The van der Waals surface area contributed by atoms with Crippen LogP contribution in [0.3, 0.4) is 0 Å². The Hall–Kier alpha value is -6.24. The molecule has 0 radical (unpaired) electrons. The van der Waals surface area contributed by atoms with Crippen LogP contribution in [0.4, 0.5) is 11.4 Å². The molecule has 0 spiro atoms. The number of amides is 2. The van der Waals surface area contributed by atoms with Gasteiger partial charge in [0.2, 0.25) is 5.75 Å². The van der Waals surface area contributed by atoms with Gasteiger partial charge in [0.15, 0.2) is 11.5 Å². The quantitative estimate of drug-likeness (QED) is 0.0806. The van der Waals surface area contributed by atoms with Gasteiger partial charge >= 0.3 is 5.97 Å². The van der Waals surface area contributed by atoms with Crippen LogP contribution in [0.25, 0.3) is 0 Å². The number of hydrazone groups is 1. The monoisotopic (exact) mass is 598 g/mol. The minimum absolute atomic E-state index is 0.113. The summed E-state index contributed by atoms with van der Waals surface area (Å²) in [4.78, 5) is 48.9. The van der Waals surface area contributed by atoms with Gasteiger partial charge in [-0.2, -0.15) is 5.10 Å². The summed E-state index contributed by atoms with van der Waals surface area (Å²) in [6, 6.07) is 20.8. The number of benzene rings is 4. The van der Waals surface area contributed by atoms with Crippen molar-refractivity contribution in [3.63, 3.8) is 0 Å². The van der Waals surface area contributed by atoms with Crippen LogP contribution in [0.5, 0.6) is 23.0 Å². The third kappa shape index (κ3) is 7.15. The number of hydrogen-bond donors (Lipinski definition) is 2. The zero-order valence-corrected chi connectivity index (χ0v) is 23.7. The molecule has 0 aromatic heterocycles. The number of carbonyl (C=O) groups excluding carboxylic acids is 3. The average molecular weight is 599 g/mol. The van der Waals surface area contributed by atoms with Gasteiger partial charge in [-0.25, -0.2) is 10.2 Å². The molecule has 13 nitrogen and oxygen atoms in total. The van der Waals surface area contributed by atoms with E-state index < -0.39 is 22.7 Å². The van der Waals surface area contributed by atoms with Crippen molar-refractivity contribution in [1.82, 2.24) is 5.43 Å². The molecule has 0 unspecified atom stereocenters. The van der Waals surface area contributed by atoms with Crippen molar-refractivity contribution in [3.8, 4) is 23.0 Å². The molecule has 0 atom stereocenters. The largest absolute Gasteiger partial charge is 0.493 e. The Labute approximate surface area is 251 Å². The molecule has 0 saturated carbocycles. The minimum Gasteiger partial charge on any atom is -0.493 e. The van der Waals surface area contributed by atoms with Crippen LogP contribution in [-0.4, -0.2) is 50.3 Å². The maximum absolute atomic E-state index is 13.0. The van der Waals surface area contributed by atoms with Gasteiger partial charge in [-0.05, 0) is 48.5 Å². The van der Waals surface area contributed by atoms with E-state index in [1.807, 2.05) is 0 Å². The van der Waals surface area contributed by atoms with E-state index in [2.05, 4.69) is 15.8 Å². The Morgan fingerprint density at radius 2 is 1.41 bits per heavy atom. The number of nitro benzene ring substituents is 1. The lowest BCUT2D eigenvalue weighted by molar-refractivity contribution is -0.384. The van der Waals surface area contributed by atoms with Crippen LogP contribution in [0, 0.1) is 10.1 Å². The van der Waals surface area contributed by atoms with Gasteiger partial charge in [0.1, 0.15) is 5.75 Å². The van der Waals surface area contributed by atoms with Crippen molar-refractivity contribution in [2.45, 2.75) is 0 Å². The van der Waals surface area contributed by atoms with Crippen molar-refractivity contribution >= 4 is 35.4 Å². The fourth-order valence-electron chi connectivity index (χ4n) is 3.98. The molecule has 0 fully saturated rings. The molecule has 4 aromatic rings. The lowest BCUT2D eigenvalue weighted by Crippen LogP contribution is -2.21. The van der Waals surface area contributed by atoms with E-state index in [-0.39, 0.29) is 45.3 Å². The van der Waals surface area contributed by atoms with Gasteiger partial charge in [-0.3, -0.25) is 19.7 Å². The van der Waals surface area contributed by atoms with Crippen molar-refractivity contribution in [2.24, 2.45) is 5.10 Å². The van der Waals surface area contributed by atoms with Gasteiger partial charge in [0.05, 0.1) is 49.3 Å². The second-order valence-electron chi connectivity index (χ2n) is 8.84. The topological polar surface area (TPSA) is 168 Å². The number of anilines is 1. The van der Waals surface area contributed by atoms with E-state index in [4.69, 9.17) is 18.9 Å². The molecule has 44 heavy (non-hydrogen) atoms. The number of non-ortho nitro benzene ring substituents is 1. The molecule has 4 aromatic carbocycles. The molecule has 4 rings (SSSR count). The zero-order valence-electron chi connectivity index (χ0n) is 23.7. The smallest absolute Gasteiger partial charge is 0.343 e. The SMILES string of the molecule is COc1cc(C(=O)Oc2ccccc2/C=N\NC(=O)c2ccccc2NC(=O)c2ccc([N+](=O)[O-])cc2)cc(OC)c1OC. The molecular formula is C31H26N4O9. The highest BCUT2D eigenvalue weighted by Gasteiger charge is 2.19. The summed E-state index contributed by atoms with van der Waals surface area (Å²) in [5.41, 5.74) is 3.24. The number of nitrogens with one attached hydrogen (secondary N) is 2. The van der Waals surface area contributed by atoms with Crippen LogP contribution in [0.1, 0.15) is 36.6 Å². The fraction of sp³-hybridized carbons (Fsp3) is 0.0968. The Morgan fingerprint density at radius 3 is 2.05 bits per heavy atom. The van der Waals surface area contributed by atoms with Gasteiger partial charge in [-0.1, -0.05) is 24.3 Å². The highest BCUT2D eigenvalue weighted by Crippen LogP contribution is 2.38. The van der Waals surface area contributed by atoms with E-state index in [9.17, 15) is 24.5 Å². The number of rotatable bonds is 11. The number of carbonyl (C=O) groups is 3. The van der Waals surface area contributed by atoms with Crippen molar-refractivity contribution < 1.29 is 38.3 Å². The third-order valence-electron chi connectivity index (χ3n) is 6.15. The number of nitrogens with zero attached hydrogens (tertiary/aromatic N) is 2. The first kappa shape index (κ1) is 30.7. The molecule has 13 heteroatoms. The molecular weight excluding hydrogens is 572 g/mol.